The minimum absolute atomic E-state index is 0.0146. The molecule has 0 aromatic heterocycles. The molecule has 3 aliphatic carbocycles. The molecule has 4 aromatic carbocycles. The number of methoxy groups -OCH3 is 1. The van der Waals surface area contributed by atoms with Crippen LogP contribution in [0.1, 0.15) is 29.5 Å². The summed E-state index contributed by atoms with van der Waals surface area (Å²) >= 11 is 0. The molecule has 59 heavy (non-hydrogen) atoms. The predicted molar refractivity (Wildman–Crippen MR) is 218 cm³/mol. The monoisotopic (exact) mass is 794 g/mol. The fourth-order valence-electron chi connectivity index (χ4n) is 9.84. The minimum atomic E-state index is -1.47. The lowest BCUT2D eigenvalue weighted by Gasteiger charge is -2.54. The number of benzene rings is 4. The van der Waals surface area contributed by atoms with Crippen LogP contribution >= 0.6 is 0 Å². The number of ether oxygens (including phenoxy) is 1. The number of anilines is 2. The summed E-state index contributed by atoms with van der Waals surface area (Å²) < 4.78 is 5.35. The lowest BCUT2D eigenvalue weighted by Crippen LogP contribution is -2.59. The number of nitro benzene ring substituents is 2. The van der Waals surface area contributed by atoms with E-state index in [1.807, 2.05) is 30.4 Å². The van der Waals surface area contributed by atoms with Gasteiger partial charge in [0.15, 0.2) is 28.8 Å². The van der Waals surface area contributed by atoms with Crippen molar-refractivity contribution >= 4 is 57.8 Å². The number of nitro groups is 2. The average molecular weight is 795 g/mol. The van der Waals surface area contributed by atoms with Gasteiger partial charge in [0, 0.05) is 43.6 Å². The van der Waals surface area contributed by atoms with Crippen LogP contribution in [0.4, 0.5) is 22.7 Å². The molecular formula is C45H38N4O10. The Hall–Kier alpha value is -7.22. The molecule has 8 rings (SSSR count). The maximum atomic E-state index is 15.2. The molecule has 0 radical (unpaired) electrons. The molecule has 4 aromatic rings. The van der Waals surface area contributed by atoms with Crippen molar-refractivity contribution in [1.82, 2.24) is 0 Å². The number of nitrogens with zero attached hydrogens (tertiary/aromatic N) is 4. The number of Topliss-reactive ketones (excluding diaryl/α,β-unsaturated/α-hetero) is 1. The Morgan fingerprint density at radius 3 is 2.12 bits per heavy atom. The van der Waals surface area contributed by atoms with Crippen LogP contribution in [0.3, 0.4) is 0 Å². The second-order valence-corrected chi connectivity index (χ2v) is 15.4. The van der Waals surface area contributed by atoms with Crippen LogP contribution in [-0.2, 0) is 24.6 Å². The quantitative estimate of drug-likeness (QED) is 0.0806. The van der Waals surface area contributed by atoms with Gasteiger partial charge in [-0.3, -0.25) is 39.4 Å². The molecule has 1 N–H and O–H groups in total. The maximum Gasteiger partial charge on any atom is 0.301 e. The Kier molecular flexibility index (Phi) is 9.57. The molecular weight excluding hydrogens is 757 g/mol. The van der Waals surface area contributed by atoms with Crippen LogP contribution in [0.15, 0.2) is 115 Å². The normalized spacial score (nSPS) is 24.9. The summed E-state index contributed by atoms with van der Waals surface area (Å²) in [4.78, 5) is 84.4. The fraction of sp³-hybridized carbons (Fsp3) is 0.244. The zero-order chi connectivity index (χ0) is 41.9. The lowest BCUT2D eigenvalue weighted by molar-refractivity contribution is -0.392. The van der Waals surface area contributed by atoms with Gasteiger partial charge in [-0.25, -0.2) is 4.90 Å². The van der Waals surface area contributed by atoms with Gasteiger partial charge in [0.2, 0.25) is 11.8 Å². The van der Waals surface area contributed by atoms with Crippen molar-refractivity contribution in [3.8, 4) is 11.5 Å². The largest absolute Gasteiger partial charge is 0.504 e. The lowest BCUT2D eigenvalue weighted by atomic mass is 9.45. The average Bonchev–Trinajstić information content (AvgIpc) is 3.49. The Morgan fingerprint density at radius 2 is 1.51 bits per heavy atom. The molecule has 6 unspecified atom stereocenters. The first kappa shape index (κ1) is 38.6. The van der Waals surface area contributed by atoms with E-state index in [1.54, 1.807) is 60.7 Å². The number of aromatic hydroxyl groups is 1. The topological polar surface area (TPSA) is 190 Å². The molecule has 6 atom stereocenters. The third-order valence-corrected chi connectivity index (χ3v) is 12.3. The van der Waals surface area contributed by atoms with Gasteiger partial charge < -0.3 is 14.7 Å². The predicted octanol–water partition coefficient (Wildman–Crippen LogP) is 6.86. The van der Waals surface area contributed by atoms with Gasteiger partial charge in [-0.1, -0.05) is 90.5 Å². The van der Waals surface area contributed by atoms with E-state index in [2.05, 4.69) is 0 Å². The van der Waals surface area contributed by atoms with Crippen LogP contribution in [0, 0.1) is 49.8 Å². The van der Waals surface area contributed by atoms with Crippen molar-refractivity contribution < 1.29 is 38.9 Å². The fourth-order valence-corrected chi connectivity index (χ4v) is 9.84. The van der Waals surface area contributed by atoms with E-state index < -0.39 is 68.0 Å². The van der Waals surface area contributed by atoms with E-state index in [-0.39, 0.29) is 52.9 Å². The highest BCUT2D eigenvalue weighted by Gasteiger charge is 2.65. The van der Waals surface area contributed by atoms with Crippen LogP contribution in [-0.4, -0.2) is 59.5 Å². The zero-order valence-corrected chi connectivity index (χ0v) is 32.2. The summed E-state index contributed by atoms with van der Waals surface area (Å²) in [6.45, 7) is 0. The van der Waals surface area contributed by atoms with Crippen molar-refractivity contribution in [3.05, 3.63) is 152 Å². The number of carbonyl (C=O) groups excluding carboxylic acids is 4. The van der Waals surface area contributed by atoms with E-state index in [9.17, 15) is 34.9 Å². The van der Waals surface area contributed by atoms with E-state index >= 15 is 9.59 Å². The second kappa shape index (κ2) is 14.6. The minimum Gasteiger partial charge on any atom is -0.504 e. The second-order valence-electron chi connectivity index (χ2n) is 15.4. The molecule has 1 aliphatic heterocycles. The SMILES string of the molecule is COc1cc(C=CC2C3=CCC4C(=O)N(c5cc([N+](=O)[O-])c(N(C)C)c([N+](=O)[O-])c5)C(=O)C4C3CC3C(=O)C(c4ccccc4)=CC(=O)C23c2ccccc2)ccc1O. The van der Waals surface area contributed by atoms with Gasteiger partial charge in [0.05, 0.1) is 39.9 Å². The van der Waals surface area contributed by atoms with Gasteiger partial charge in [-0.2, -0.15) is 0 Å². The Bertz CT molecular complexity index is 2530. The molecule has 14 heteroatoms. The highest BCUT2D eigenvalue weighted by atomic mass is 16.6. The molecule has 1 saturated heterocycles. The molecule has 298 valence electrons. The molecule has 2 fully saturated rings. The van der Waals surface area contributed by atoms with Crippen molar-refractivity contribution in [3.63, 3.8) is 0 Å². The molecule has 14 nitrogen and oxygen atoms in total. The van der Waals surface area contributed by atoms with E-state index in [0.717, 1.165) is 17.0 Å². The molecule has 0 spiro atoms. The number of rotatable bonds is 9. The van der Waals surface area contributed by atoms with E-state index in [4.69, 9.17) is 4.74 Å². The summed E-state index contributed by atoms with van der Waals surface area (Å²) in [5, 5.41) is 34.8. The number of fused-ring (bicyclic) bond motifs is 4. The number of hydrogen-bond donors (Lipinski definition) is 1. The van der Waals surface area contributed by atoms with Crippen molar-refractivity contribution in [2.75, 3.05) is 31.0 Å². The van der Waals surface area contributed by atoms with Gasteiger partial charge in [-0.15, -0.1) is 0 Å². The number of phenols is 1. The third kappa shape index (κ3) is 6.01. The van der Waals surface area contributed by atoms with E-state index in [1.165, 1.54) is 38.2 Å². The maximum absolute atomic E-state index is 15.2. The molecule has 1 heterocycles. The first-order valence-corrected chi connectivity index (χ1v) is 19.0. The van der Waals surface area contributed by atoms with Crippen LogP contribution in [0.2, 0.25) is 0 Å². The highest BCUT2D eigenvalue weighted by molar-refractivity contribution is 6.31. The molecule has 1 saturated carbocycles. The van der Waals surface area contributed by atoms with Gasteiger partial charge in [0.1, 0.15) is 0 Å². The number of carbonyl (C=O) groups is 4. The van der Waals surface area contributed by atoms with Gasteiger partial charge in [-0.05, 0) is 53.7 Å². The number of imide groups is 1. The Balaban J connectivity index is 1.31. The summed E-state index contributed by atoms with van der Waals surface area (Å²) in [6, 6.07) is 24.7. The van der Waals surface area contributed by atoms with Crippen LogP contribution in [0.25, 0.3) is 11.6 Å². The van der Waals surface area contributed by atoms with Crippen molar-refractivity contribution in [2.45, 2.75) is 18.3 Å². The molecule has 2 amide bonds. The zero-order valence-electron chi connectivity index (χ0n) is 32.2. The summed E-state index contributed by atoms with van der Waals surface area (Å²) in [7, 11) is 4.26. The number of phenolic OH excluding ortho intramolecular Hbond substituents is 1. The molecule has 4 aliphatic rings. The highest BCUT2D eigenvalue weighted by Crippen LogP contribution is 2.61. The van der Waals surface area contributed by atoms with Crippen LogP contribution in [0.5, 0.6) is 11.5 Å². The number of amides is 2. The first-order chi connectivity index (χ1) is 28.3. The summed E-state index contributed by atoms with van der Waals surface area (Å²) in [6.07, 6.45) is 6.97. The Labute approximate surface area is 338 Å². The van der Waals surface area contributed by atoms with Crippen molar-refractivity contribution in [1.29, 1.82) is 0 Å². The summed E-state index contributed by atoms with van der Waals surface area (Å²) in [5.41, 5.74) is -0.691. The van der Waals surface area contributed by atoms with Crippen LogP contribution < -0.4 is 14.5 Å². The van der Waals surface area contributed by atoms with E-state index in [0.29, 0.717) is 22.3 Å². The third-order valence-electron chi connectivity index (χ3n) is 12.3. The van der Waals surface area contributed by atoms with Crippen molar-refractivity contribution in [2.24, 2.45) is 29.6 Å². The smallest absolute Gasteiger partial charge is 0.301 e. The summed E-state index contributed by atoms with van der Waals surface area (Å²) in [5.74, 6) is -6.42. The Morgan fingerprint density at radius 1 is 0.864 bits per heavy atom. The number of hydrogen-bond acceptors (Lipinski definition) is 11. The first-order valence-electron chi connectivity index (χ1n) is 19.0. The standard InChI is InChI=1S/C45H38N4O10/c1-46(2)41-35(48(55)56)21-28(22-36(41)49(57)58)47-43(53)30-17-16-29-32(40(30)44(47)54)23-34-42(52)31(26-10-6-4-7-11-26)24-39(51)45(34,27-12-8-5-9-13-27)33(29)18-14-25-15-19-37(50)38(20-25)59-3/h4-16,18-22,24,30,32-34,40,50H,17,23H2,1-3H3. The number of allylic oxidation sites excluding steroid dienone is 5. The van der Waals surface area contributed by atoms with Gasteiger partial charge >= 0.3 is 11.4 Å². The number of ketones is 2. The molecule has 0 bridgehead atoms. The van der Waals surface area contributed by atoms with Gasteiger partial charge in [0.25, 0.3) is 0 Å².